The molecule has 1 unspecified atom stereocenters. The van der Waals surface area contributed by atoms with Gasteiger partial charge in [0, 0.05) is 12.8 Å². The van der Waals surface area contributed by atoms with Crippen LogP contribution in [-0.2, 0) is 28.2 Å². The van der Waals surface area contributed by atoms with E-state index in [0.717, 1.165) is 64.2 Å². The van der Waals surface area contributed by atoms with E-state index in [2.05, 4.69) is 91.3 Å². The van der Waals surface area contributed by atoms with Crippen LogP contribution >= 0.6 is 7.82 Å². The average Bonchev–Trinajstić information content (AvgIpc) is 3.15. The molecule has 0 aromatic carbocycles. The highest BCUT2D eigenvalue weighted by Crippen LogP contribution is 2.36. The van der Waals surface area contributed by atoms with Gasteiger partial charge in [0.2, 0.25) is 0 Å². The third kappa shape index (κ3) is 41.9. The monoisotopic (exact) mass is 788 g/mol. The van der Waals surface area contributed by atoms with Crippen LogP contribution in [0.5, 0.6) is 0 Å². The van der Waals surface area contributed by atoms with Gasteiger partial charge in [-0.3, -0.25) is 14.1 Å². The van der Waals surface area contributed by atoms with Gasteiger partial charge in [0.1, 0.15) is 6.61 Å². The van der Waals surface area contributed by atoms with Crippen LogP contribution in [-0.4, -0.2) is 52.3 Å². The molecule has 0 amide bonds. The van der Waals surface area contributed by atoms with E-state index in [1.54, 1.807) is 12.2 Å². The SMILES string of the molecule is CC/C=C\C/C=C\C/C=C\C/C=C\C/C=C\C=C/C(O)CCC(=O)O[C@H](COC(=O)CCCCCCCCC/C=C\C/C=C\CCCCC)COP(=O)(O)O. The summed E-state index contributed by atoms with van der Waals surface area (Å²) in [6.07, 6.45) is 50.2. The molecule has 312 valence electrons. The predicted molar refractivity (Wildman–Crippen MR) is 226 cm³/mol. The Kier molecular flexibility index (Phi) is 37.0. The lowest BCUT2D eigenvalue weighted by molar-refractivity contribution is -0.161. The summed E-state index contributed by atoms with van der Waals surface area (Å²) in [5.41, 5.74) is 0. The smallest absolute Gasteiger partial charge is 0.462 e. The second-order valence-corrected chi connectivity index (χ2v) is 14.7. The molecule has 0 spiro atoms. The van der Waals surface area contributed by atoms with Crippen molar-refractivity contribution in [2.75, 3.05) is 13.2 Å². The lowest BCUT2D eigenvalue weighted by atomic mass is 10.1. The van der Waals surface area contributed by atoms with Gasteiger partial charge in [-0.05, 0) is 77.0 Å². The van der Waals surface area contributed by atoms with Crippen LogP contribution in [0.25, 0.3) is 0 Å². The highest BCUT2D eigenvalue weighted by Gasteiger charge is 2.23. The lowest BCUT2D eigenvalue weighted by Crippen LogP contribution is -2.29. The molecule has 0 saturated carbocycles. The molecule has 0 radical (unpaired) electrons. The quantitative estimate of drug-likeness (QED) is 0.0186. The fourth-order valence-corrected chi connectivity index (χ4v) is 5.46. The second-order valence-electron chi connectivity index (χ2n) is 13.4. The molecular formula is C45H73O9P. The van der Waals surface area contributed by atoms with Gasteiger partial charge in [-0.2, -0.15) is 0 Å². The third-order valence-electron chi connectivity index (χ3n) is 8.20. The number of carbonyl (C=O) groups is 2. The van der Waals surface area contributed by atoms with Crippen molar-refractivity contribution >= 4 is 19.8 Å². The summed E-state index contributed by atoms with van der Waals surface area (Å²) in [7, 11) is -4.83. The van der Waals surface area contributed by atoms with Crippen molar-refractivity contribution in [3.05, 3.63) is 97.2 Å². The first-order valence-corrected chi connectivity index (χ1v) is 22.2. The fourth-order valence-electron chi connectivity index (χ4n) is 5.10. The Bertz CT molecular complexity index is 1220. The number of phosphoric acid groups is 1. The number of phosphoric ester groups is 1. The van der Waals surface area contributed by atoms with Gasteiger partial charge >= 0.3 is 19.8 Å². The predicted octanol–water partition coefficient (Wildman–Crippen LogP) is 11.6. The van der Waals surface area contributed by atoms with E-state index in [9.17, 15) is 19.3 Å². The Hall–Kier alpha value is -3.07. The van der Waals surface area contributed by atoms with Crippen molar-refractivity contribution in [2.24, 2.45) is 0 Å². The number of unbranched alkanes of at least 4 members (excludes halogenated alkanes) is 10. The van der Waals surface area contributed by atoms with Crippen LogP contribution < -0.4 is 0 Å². The van der Waals surface area contributed by atoms with Gasteiger partial charge in [-0.15, -0.1) is 0 Å². The molecule has 0 bridgehead atoms. The van der Waals surface area contributed by atoms with Crippen LogP contribution in [0.4, 0.5) is 0 Å². The maximum Gasteiger partial charge on any atom is 0.469 e. The summed E-state index contributed by atoms with van der Waals surface area (Å²) in [5, 5.41) is 10.2. The minimum absolute atomic E-state index is 0.0834. The van der Waals surface area contributed by atoms with Crippen molar-refractivity contribution in [3.8, 4) is 0 Å². The molecule has 0 aromatic heterocycles. The number of aliphatic hydroxyl groups is 1. The lowest BCUT2D eigenvalue weighted by Gasteiger charge is -2.18. The first kappa shape index (κ1) is 51.9. The fraction of sp³-hybridized carbons (Fsp3) is 0.600. The van der Waals surface area contributed by atoms with Crippen molar-refractivity contribution in [1.29, 1.82) is 0 Å². The number of ether oxygens (including phenoxy) is 2. The van der Waals surface area contributed by atoms with Gasteiger partial charge in [-0.25, -0.2) is 4.57 Å². The Morgan fingerprint density at radius 2 is 1.09 bits per heavy atom. The van der Waals surface area contributed by atoms with E-state index < -0.39 is 38.6 Å². The molecule has 0 aliphatic heterocycles. The maximum atomic E-state index is 12.4. The van der Waals surface area contributed by atoms with E-state index in [-0.39, 0.29) is 25.9 Å². The van der Waals surface area contributed by atoms with Gasteiger partial charge < -0.3 is 24.4 Å². The normalized spacial score (nSPS) is 14.1. The van der Waals surface area contributed by atoms with Crippen molar-refractivity contribution in [2.45, 2.75) is 161 Å². The Morgan fingerprint density at radius 3 is 1.65 bits per heavy atom. The second kappa shape index (κ2) is 39.2. The van der Waals surface area contributed by atoms with E-state index in [1.807, 2.05) is 12.2 Å². The number of aliphatic hydroxyl groups excluding tert-OH is 1. The molecule has 0 saturated heterocycles. The van der Waals surface area contributed by atoms with Crippen LogP contribution in [0.15, 0.2) is 97.2 Å². The molecule has 0 fully saturated rings. The molecule has 55 heavy (non-hydrogen) atoms. The van der Waals surface area contributed by atoms with Gasteiger partial charge in [0.15, 0.2) is 6.10 Å². The van der Waals surface area contributed by atoms with E-state index in [4.69, 9.17) is 19.3 Å². The Morgan fingerprint density at radius 1 is 0.582 bits per heavy atom. The highest BCUT2D eigenvalue weighted by atomic mass is 31.2. The van der Waals surface area contributed by atoms with Crippen LogP contribution in [0, 0.1) is 0 Å². The molecule has 0 aliphatic rings. The number of carbonyl (C=O) groups excluding carboxylic acids is 2. The number of hydrogen-bond donors (Lipinski definition) is 3. The van der Waals surface area contributed by atoms with E-state index >= 15 is 0 Å². The van der Waals surface area contributed by atoms with Crippen LogP contribution in [0.3, 0.4) is 0 Å². The molecule has 0 aliphatic carbocycles. The molecule has 9 nitrogen and oxygen atoms in total. The van der Waals surface area contributed by atoms with Gasteiger partial charge in [0.05, 0.1) is 12.7 Å². The number of rotatable bonds is 36. The maximum absolute atomic E-state index is 12.4. The number of allylic oxidation sites excluding steroid dienone is 15. The first-order valence-electron chi connectivity index (χ1n) is 20.6. The van der Waals surface area contributed by atoms with Crippen molar-refractivity contribution < 1.29 is 43.0 Å². The molecule has 3 N–H and O–H groups in total. The summed E-state index contributed by atoms with van der Waals surface area (Å²) in [4.78, 5) is 42.9. The Balaban J connectivity index is 4.21. The molecule has 0 heterocycles. The first-order chi connectivity index (χ1) is 26.7. The third-order valence-corrected chi connectivity index (χ3v) is 8.69. The average molecular weight is 789 g/mol. The summed E-state index contributed by atoms with van der Waals surface area (Å²) < 4.78 is 26.2. The largest absolute Gasteiger partial charge is 0.469 e. The van der Waals surface area contributed by atoms with Crippen molar-refractivity contribution in [3.63, 3.8) is 0 Å². The zero-order chi connectivity index (χ0) is 40.5. The number of hydrogen-bond acceptors (Lipinski definition) is 7. The molecule has 10 heteroatoms. The zero-order valence-corrected chi connectivity index (χ0v) is 34.8. The highest BCUT2D eigenvalue weighted by molar-refractivity contribution is 7.46. The summed E-state index contributed by atoms with van der Waals surface area (Å²) in [6, 6.07) is 0. The van der Waals surface area contributed by atoms with E-state index in [1.165, 1.54) is 44.9 Å². The topological polar surface area (TPSA) is 140 Å². The summed E-state index contributed by atoms with van der Waals surface area (Å²) in [5.74, 6) is -1.19. The van der Waals surface area contributed by atoms with Crippen molar-refractivity contribution in [1.82, 2.24) is 0 Å². The molecule has 0 aromatic rings. The van der Waals surface area contributed by atoms with E-state index in [0.29, 0.717) is 6.42 Å². The minimum Gasteiger partial charge on any atom is -0.462 e. The minimum atomic E-state index is -4.83. The molecule has 0 rings (SSSR count). The molecule has 2 atom stereocenters. The summed E-state index contributed by atoms with van der Waals surface area (Å²) >= 11 is 0. The van der Waals surface area contributed by atoms with Gasteiger partial charge in [0.25, 0.3) is 0 Å². The zero-order valence-electron chi connectivity index (χ0n) is 33.9. The Labute approximate surface area is 333 Å². The van der Waals surface area contributed by atoms with Crippen LogP contribution in [0.1, 0.15) is 149 Å². The summed E-state index contributed by atoms with van der Waals surface area (Å²) in [6.45, 7) is 3.32. The van der Waals surface area contributed by atoms with Gasteiger partial charge in [-0.1, -0.05) is 156 Å². The van der Waals surface area contributed by atoms with Crippen LogP contribution in [0.2, 0.25) is 0 Å². The number of esters is 2. The standard InChI is InChI=1S/C45H73O9P/c1-3-5-7-9-11-13-15-17-19-21-23-25-27-29-31-33-35-37-44(47)52-40-43(41-53-55(49,50)51)54-45(48)39-38-42(46)36-34-32-30-28-26-24-22-20-18-16-14-12-10-8-6-4-2/h6,8,11-14,17-20,24,26,30,32,34,36,42-43,46H,3-5,7,9-10,15-16,21-23,25,27-29,31,33,35,37-41H2,1-2H3,(H2,49,50,51)/b8-6-,13-11-,14-12-,19-17-,20-18-,26-24-,32-30-,36-34-/t42?,43-/m1/s1. The molecular weight excluding hydrogens is 715 g/mol.